The van der Waals surface area contributed by atoms with Crippen LogP contribution in [0, 0.1) is 0 Å². The standard InChI is InChI=1S/C13H16N6/c1-18-6-8-19(9-7-18)13-16-10-15-12(17-13)11-4-2-3-5-14-11/h2-5,10H,6-9H2,1H3. The normalized spacial score (nSPS) is 16.6. The van der Waals surface area contributed by atoms with E-state index in [-0.39, 0.29) is 0 Å². The van der Waals surface area contributed by atoms with Gasteiger partial charge < -0.3 is 9.80 Å². The van der Waals surface area contributed by atoms with Crippen LogP contribution in [0.5, 0.6) is 0 Å². The first-order valence-electron chi connectivity index (χ1n) is 6.37. The van der Waals surface area contributed by atoms with E-state index >= 15 is 0 Å². The van der Waals surface area contributed by atoms with Crippen molar-refractivity contribution in [1.82, 2.24) is 24.8 Å². The number of rotatable bonds is 2. The zero-order valence-electron chi connectivity index (χ0n) is 10.9. The summed E-state index contributed by atoms with van der Waals surface area (Å²) >= 11 is 0. The molecule has 1 aliphatic heterocycles. The molecule has 6 heteroatoms. The maximum Gasteiger partial charge on any atom is 0.229 e. The van der Waals surface area contributed by atoms with Crippen LogP contribution in [0.1, 0.15) is 0 Å². The lowest BCUT2D eigenvalue weighted by atomic mass is 10.3. The van der Waals surface area contributed by atoms with Crippen molar-refractivity contribution in [3.63, 3.8) is 0 Å². The first-order chi connectivity index (χ1) is 9.33. The van der Waals surface area contributed by atoms with Crippen molar-refractivity contribution in [2.24, 2.45) is 0 Å². The number of hydrogen-bond donors (Lipinski definition) is 0. The van der Waals surface area contributed by atoms with Crippen molar-refractivity contribution < 1.29 is 0 Å². The van der Waals surface area contributed by atoms with E-state index in [4.69, 9.17) is 0 Å². The van der Waals surface area contributed by atoms with E-state index in [1.54, 1.807) is 12.5 Å². The Morgan fingerprint density at radius 3 is 2.58 bits per heavy atom. The fraction of sp³-hybridized carbons (Fsp3) is 0.385. The summed E-state index contributed by atoms with van der Waals surface area (Å²) in [5, 5.41) is 0. The van der Waals surface area contributed by atoms with Crippen LogP contribution in [0.25, 0.3) is 11.5 Å². The molecule has 1 saturated heterocycles. The second kappa shape index (κ2) is 5.27. The maximum absolute atomic E-state index is 4.51. The summed E-state index contributed by atoms with van der Waals surface area (Å²) in [6, 6.07) is 5.72. The Morgan fingerprint density at radius 2 is 1.84 bits per heavy atom. The lowest BCUT2D eigenvalue weighted by Gasteiger charge is -2.32. The van der Waals surface area contributed by atoms with Gasteiger partial charge in [-0.15, -0.1) is 0 Å². The van der Waals surface area contributed by atoms with Crippen molar-refractivity contribution in [1.29, 1.82) is 0 Å². The van der Waals surface area contributed by atoms with E-state index in [0.717, 1.165) is 37.8 Å². The number of pyridine rings is 1. The van der Waals surface area contributed by atoms with Crippen LogP contribution >= 0.6 is 0 Å². The Balaban J connectivity index is 1.84. The summed E-state index contributed by atoms with van der Waals surface area (Å²) < 4.78 is 0. The molecular formula is C13H16N6. The highest BCUT2D eigenvalue weighted by Crippen LogP contribution is 2.14. The van der Waals surface area contributed by atoms with Gasteiger partial charge in [0.25, 0.3) is 0 Å². The molecule has 0 atom stereocenters. The highest BCUT2D eigenvalue weighted by Gasteiger charge is 2.17. The predicted octanol–water partition coefficient (Wildman–Crippen LogP) is 0.685. The van der Waals surface area contributed by atoms with Gasteiger partial charge in [0.2, 0.25) is 5.95 Å². The van der Waals surface area contributed by atoms with Gasteiger partial charge in [-0.3, -0.25) is 4.98 Å². The summed E-state index contributed by atoms with van der Waals surface area (Å²) in [4.78, 5) is 21.7. The first kappa shape index (κ1) is 12.0. The molecule has 0 aromatic carbocycles. The van der Waals surface area contributed by atoms with E-state index < -0.39 is 0 Å². The second-order valence-electron chi connectivity index (χ2n) is 4.61. The topological polar surface area (TPSA) is 58.0 Å². The van der Waals surface area contributed by atoms with E-state index in [1.165, 1.54) is 0 Å². The van der Waals surface area contributed by atoms with Crippen molar-refractivity contribution in [2.75, 3.05) is 38.1 Å². The van der Waals surface area contributed by atoms with Gasteiger partial charge in [-0.2, -0.15) is 4.98 Å². The van der Waals surface area contributed by atoms with E-state index in [1.807, 2.05) is 18.2 Å². The van der Waals surface area contributed by atoms with E-state index in [0.29, 0.717) is 5.82 Å². The van der Waals surface area contributed by atoms with Crippen LogP contribution < -0.4 is 4.90 Å². The van der Waals surface area contributed by atoms with Crippen molar-refractivity contribution >= 4 is 5.95 Å². The Bertz CT molecular complexity index is 536. The van der Waals surface area contributed by atoms with Gasteiger partial charge in [-0.25, -0.2) is 9.97 Å². The number of piperazine rings is 1. The van der Waals surface area contributed by atoms with Gasteiger partial charge in [0.05, 0.1) is 0 Å². The zero-order valence-corrected chi connectivity index (χ0v) is 10.9. The molecule has 6 nitrogen and oxygen atoms in total. The molecule has 0 radical (unpaired) electrons. The van der Waals surface area contributed by atoms with Gasteiger partial charge in [-0.1, -0.05) is 6.07 Å². The average Bonchev–Trinajstić information content (AvgIpc) is 2.49. The molecule has 0 saturated carbocycles. The number of anilines is 1. The average molecular weight is 256 g/mol. The summed E-state index contributed by atoms with van der Waals surface area (Å²) in [5.74, 6) is 1.37. The van der Waals surface area contributed by atoms with Crippen LogP contribution in [-0.4, -0.2) is 58.1 Å². The van der Waals surface area contributed by atoms with Gasteiger partial charge in [0.15, 0.2) is 5.82 Å². The largest absolute Gasteiger partial charge is 0.338 e. The Labute approximate surface area is 112 Å². The molecule has 2 aromatic heterocycles. The lowest BCUT2D eigenvalue weighted by Crippen LogP contribution is -2.45. The number of hydrogen-bond acceptors (Lipinski definition) is 6. The Morgan fingerprint density at radius 1 is 1.00 bits per heavy atom. The molecule has 0 unspecified atom stereocenters. The SMILES string of the molecule is CN1CCN(c2ncnc(-c3ccccn3)n2)CC1. The molecule has 1 aliphatic rings. The van der Waals surface area contributed by atoms with Crippen molar-refractivity contribution in [3.05, 3.63) is 30.7 Å². The fourth-order valence-corrected chi connectivity index (χ4v) is 2.06. The third kappa shape index (κ3) is 2.68. The Kier molecular flexibility index (Phi) is 3.33. The predicted molar refractivity (Wildman–Crippen MR) is 72.8 cm³/mol. The van der Waals surface area contributed by atoms with Crippen molar-refractivity contribution in [2.45, 2.75) is 0 Å². The second-order valence-corrected chi connectivity index (χ2v) is 4.61. The molecular weight excluding hydrogens is 240 g/mol. The first-order valence-corrected chi connectivity index (χ1v) is 6.37. The molecule has 3 heterocycles. The molecule has 0 spiro atoms. The smallest absolute Gasteiger partial charge is 0.229 e. The van der Waals surface area contributed by atoms with Crippen molar-refractivity contribution in [3.8, 4) is 11.5 Å². The zero-order chi connectivity index (χ0) is 13.1. The lowest BCUT2D eigenvalue weighted by molar-refractivity contribution is 0.311. The third-order valence-corrected chi connectivity index (χ3v) is 3.24. The van der Waals surface area contributed by atoms with Gasteiger partial charge >= 0.3 is 0 Å². The van der Waals surface area contributed by atoms with Crippen LogP contribution in [0.2, 0.25) is 0 Å². The highest BCUT2D eigenvalue weighted by atomic mass is 15.3. The molecule has 1 fully saturated rings. The molecule has 2 aromatic rings. The molecule has 0 N–H and O–H groups in total. The molecule has 0 aliphatic carbocycles. The Hall–Kier alpha value is -2.08. The minimum absolute atomic E-state index is 0.629. The maximum atomic E-state index is 4.51. The number of aromatic nitrogens is 4. The number of nitrogens with zero attached hydrogens (tertiary/aromatic N) is 6. The van der Waals surface area contributed by atoms with E-state index in [2.05, 4.69) is 36.8 Å². The van der Waals surface area contributed by atoms with Crippen LogP contribution in [0.4, 0.5) is 5.95 Å². The van der Waals surface area contributed by atoms with Gasteiger partial charge in [0.1, 0.15) is 12.0 Å². The van der Waals surface area contributed by atoms with E-state index in [9.17, 15) is 0 Å². The fourth-order valence-electron chi connectivity index (χ4n) is 2.06. The van der Waals surface area contributed by atoms with Crippen LogP contribution in [0.15, 0.2) is 30.7 Å². The monoisotopic (exact) mass is 256 g/mol. The van der Waals surface area contributed by atoms with Crippen LogP contribution in [-0.2, 0) is 0 Å². The molecule has 0 amide bonds. The minimum Gasteiger partial charge on any atom is -0.338 e. The summed E-state index contributed by atoms with van der Waals surface area (Å²) in [7, 11) is 2.13. The van der Waals surface area contributed by atoms with Gasteiger partial charge in [0, 0.05) is 32.4 Å². The third-order valence-electron chi connectivity index (χ3n) is 3.24. The van der Waals surface area contributed by atoms with Gasteiger partial charge in [-0.05, 0) is 19.2 Å². The van der Waals surface area contributed by atoms with Crippen LogP contribution in [0.3, 0.4) is 0 Å². The minimum atomic E-state index is 0.629. The highest BCUT2D eigenvalue weighted by molar-refractivity contribution is 5.50. The summed E-state index contributed by atoms with van der Waals surface area (Å²) in [5.41, 5.74) is 0.778. The molecule has 98 valence electrons. The molecule has 3 rings (SSSR count). The quantitative estimate of drug-likeness (QED) is 0.787. The summed E-state index contributed by atoms with van der Waals surface area (Å²) in [6.07, 6.45) is 3.30. The summed E-state index contributed by atoms with van der Waals surface area (Å²) in [6.45, 7) is 3.96. The number of likely N-dealkylation sites (N-methyl/N-ethyl adjacent to an activating group) is 1. The molecule has 0 bridgehead atoms. The molecule has 19 heavy (non-hydrogen) atoms.